The molecular weight excluding hydrogens is 531 g/mol. The number of benzene rings is 1. The van der Waals surface area contributed by atoms with Gasteiger partial charge in [-0.3, -0.25) is 4.79 Å². The molecule has 0 spiro atoms. The predicted molar refractivity (Wildman–Crippen MR) is 137 cm³/mol. The van der Waals surface area contributed by atoms with Crippen molar-refractivity contribution in [2.45, 2.75) is 58.2 Å². The molecule has 1 aromatic heterocycles. The van der Waals surface area contributed by atoms with Crippen molar-refractivity contribution >= 4 is 44.0 Å². The van der Waals surface area contributed by atoms with Crippen LogP contribution >= 0.6 is 11.5 Å². The number of sulfonamides is 1. The Morgan fingerprint density at radius 1 is 1.27 bits per heavy atom. The lowest BCUT2D eigenvalue weighted by Crippen LogP contribution is -2.47. The van der Waals surface area contributed by atoms with Crippen molar-refractivity contribution in [3.63, 3.8) is 0 Å². The van der Waals surface area contributed by atoms with Gasteiger partial charge in [-0.05, 0) is 42.4 Å². The molecule has 37 heavy (non-hydrogen) atoms. The van der Waals surface area contributed by atoms with E-state index in [0.29, 0.717) is 55.3 Å². The van der Waals surface area contributed by atoms with Crippen molar-refractivity contribution in [1.29, 1.82) is 0 Å². The Balaban J connectivity index is 2.00. The second-order valence-corrected chi connectivity index (χ2v) is 12.5. The summed E-state index contributed by atoms with van der Waals surface area (Å²) in [6, 6.07) is 5.42. The van der Waals surface area contributed by atoms with Gasteiger partial charge in [-0.1, -0.05) is 26.8 Å². The van der Waals surface area contributed by atoms with Crippen LogP contribution in [-0.2, 0) is 21.0 Å². The third-order valence-electron chi connectivity index (χ3n) is 6.20. The number of alkyl halides is 3. The molecule has 3 rings (SSSR count). The quantitative estimate of drug-likeness (QED) is 0.425. The van der Waals surface area contributed by atoms with Crippen LogP contribution in [0.5, 0.6) is 0 Å². The number of hydrogen-bond donors (Lipinski definition) is 2. The van der Waals surface area contributed by atoms with Gasteiger partial charge in [0.05, 0.1) is 24.1 Å². The largest absolute Gasteiger partial charge is 0.481 e. The van der Waals surface area contributed by atoms with Gasteiger partial charge in [-0.25, -0.2) is 12.7 Å². The topological polar surface area (TPSA) is 116 Å². The summed E-state index contributed by atoms with van der Waals surface area (Å²) in [7, 11) is -3.30. The minimum Gasteiger partial charge on any atom is -0.481 e. The monoisotopic (exact) mass is 563 g/mol. The van der Waals surface area contributed by atoms with Gasteiger partial charge in [0.25, 0.3) is 0 Å². The number of carboxylic acid groups (broad SMARTS) is 1. The zero-order chi connectivity index (χ0) is 27.5. The molecule has 1 aliphatic heterocycles. The second kappa shape index (κ2) is 11.5. The molecule has 14 heteroatoms. The molecule has 0 radical (unpaired) electrons. The fourth-order valence-electron chi connectivity index (χ4n) is 4.42. The van der Waals surface area contributed by atoms with Gasteiger partial charge >= 0.3 is 12.1 Å². The molecule has 1 saturated heterocycles. The lowest BCUT2D eigenvalue weighted by Gasteiger charge is -2.40. The number of aromatic nitrogens is 2. The summed E-state index contributed by atoms with van der Waals surface area (Å²) >= 11 is 0.591. The van der Waals surface area contributed by atoms with Gasteiger partial charge < -0.3 is 15.3 Å². The fourth-order valence-corrected chi connectivity index (χ4v) is 5.89. The van der Waals surface area contributed by atoms with Gasteiger partial charge in [-0.2, -0.15) is 22.5 Å². The highest BCUT2D eigenvalue weighted by Gasteiger charge is 2.36. The Labute approximate surface area is 218 Å². The van der Waals surface area contributed by atoms with Gasteiger partial charge in [-0.15, -0.1) is 0 Å². The molecule has 0 amide bonds. The molecule has 1 unspecified atom stereocenters. The maximum absolute atomic E-state index is 13.1. The number of piperidine rings is 1. The number of nitrogens with zero attached hydrogens (tertiary/aromatic N) is 4. The van der Waals surface area contributed by atoms with Crippen LogP contribution in [0.4, 0.5) is 29.7 Å². The molecule has 9 nitrogen and oxygen atoms in total. The number of aliphatic carboxylic acids is 1. The fraction of sp³-hybridized carbons (Fsp3) is 0.609. The maximum atomic E-state index is 13.1. The van der Waals surface area contributed by atoms with E-state index >= 15 is 0 Å². The summed E-state index contributed by atoms with van der Waals surface area (Å²) in [6.45, 7) is 7.25. The molecule has 1 aliphatic rings. The molecule has 0 aliphatic carbocycles. The van der Waals surface area contributed by atoms with Crippen LogP contribution < -0.4 is 10.2 Å². The van der Waals surface area contributed by atoms with E-state index < -0.39 is 28.0 Å². The van der Waals surface area contributed by atoms with E-state index in [-0.39, 0.29) is 29.4 Å². The van der Waals surface area contributed by atoms with E-state index in [1.807, 2.05) is 12.1 Å². The smallest absolute Gasteiger partial charge is 0.452 e. The van der Waals surface area contributed by atoms with Gasteiger partial charge in [0.15, 0.2) is 0 Å². The molecule has 2 N–H and O–H groups in total. The van der Waals surface area contributed by atoms with Crippen molar-refractivity contribution in [2.75, 3.05) is 36.1 Å². The molecule has 0 saturated carbocycles. The van der Waals surface area contributed by atoms with Crippen LogP contribution in [0.1, 0.15) is 57.3 Å². The molecule has 1 fully saturated rings. The Bertz CT molecular complexity index is 1200. The number of carboxylic acids is 1. The molecule has 206 valence electrons. The van der Waals surface area contributed by atoms with E-state index in [4.69, 9.17) is 0 Å². The third kappa shape index (κ3) is 7.77. The first-order valence-corrected chi connectivity index (χ1v) is 14.5. The van der Waals surface area contributed by atoms with Gasteiger partial charge in [0.1, 0.15) is 0 Å². The summed E-state index contributed by atoms with van der Waals surface area (Å²) in [5.74, 6) is -2.28. The SMILES string of the molecule is CC(C)CN(c1ccc(C(C)CC(=O)O)cc1Nc1nc(C(F)(F)F)ns1)C1CCN(S(C)(=O)=O)CC1. The average Bonchev–Trinajstić information content (AvgIpc) is 3.26. The van der Waals surface area contributed by atoms with Crippen LogP contribution in [0.25, 0.3) is 0 Å². The number of rotatable bonds is 10. The number of halogens is 3. The minimum absolute atomic E-state index is 0.00315. The van der Waals surface area contributed by atoms with Crippen LogP contribution in [0, 0.1) is 5.92 Å². The van der Waals surface area contributed by atoms with E-state index in [9.17, 15) is 31.5 Å². The normalized spacial score (nSPS) is 16.6. The Morgan fingerprint density at radius 3 is 2.43 bits per heavy atom. The summed E-state index contributed by atoms with van der Waals surface area (Å²) in [4.78, 5) is 17.0. The Kier molecular flexibility index (Phi) is 9.06. The average molecular weight is 564 g/mol. The van der Waals surface area contributed by atoms with Crippen molar-refractivity contribution in [3.05, 3.63) is 29.6 Å². The Morgan fingerprint density at radius 2 is 1.92 bits per heavy atom. The first kappa shape index (κ1) is 29.1. The molecule has 2 aromatic rings. The number of hydrogen-bond acceptors (Lipinski definition) is 8. The minimum atomic E-state index is -4.67. The summed E-state index contributed by atoms with van der Waals surface area (Å²) < 4.78 is 68.1. The third-order valence-corrected chi connectivity index (χ3v) is 8.13. The molecule has 0 bridgehead atoms. The van der Waals surface area contributed by atoms with Crippen LogP contribution in [-0.4, -0.2) is 65.1 Å². The van der Waals surface area contributed by atoms with E-state index in [2.05, 4.69) is 33.4 Å². The standard InChI is InChI=1S/C23H32F3N5O4S2/c1-14(2)13-31(17-7-9-30(10-8-17)37(4,34)35)19-6-5-16(15(3)11-20(32)33)12-18(19)27-22-28-21(29-36-22)23(24,25)26/h5-6,12,14-15,17H,7-11,13H2,1-4H3,(H,32,33)(H,27,28,29). The van der Waals surface area contributed by atoms with Crippen molar-refractivity contribution in [1.82, 2.24) is 13.7 Å². The summed E-state index contributed by atoms with van der Waals surface area (Å²) in [6.07, 6.45) is -2.40. The van der Waals surface area contributed by atoms with E-state index in [0.717, 1.165) is 5.69 Å². The lowest BCUT2D eigenvalue weighted by atomic mass is 9.95. The van der Waals surface area contributed by atoms with Gasteiger partial charge in [0.2, 0.25) is 21.0 Å². The second-order valence-electron chi connectivity index (χ2n) is 9.76. The van der Waals surface area contributed by atoms with Crippen molar-refractivity contribution in [3.8, 4) is 0 Å². The molecule has 1 aromatic carbocycles. The van der Waals surface area contributed by atoms with Crippen LogP contribution in [0.3, 0.4) is 0 Å². The maximum Gasteiger partial charge on any atom is 0.452 e. The van der Waals surface area contributed by atoms with Crippen LogP contribution in [0.15, 0.2) is 18.2 Å². The van der Waals surface area contributed by atoms with E-state index in [1.54, 1.807) is 13.0 Å². The summed E-state index contributed by atoms with van der Waals surface area (Å²) in [5, 5.41) is 12.2. The number of carbonyl (C=O) groups is 1. The highest BCUT2D eigenvalue weighted by molar-refractivity contribution is 7.88. The molecule has 2 heterocycles. The lowest BCUT2D eigenvalue weighted by molar-refractivity contribution is -0.144. The first-order valence-electron chi connectivity index (χ1n) is 11.9. The van der Waals surface area contributed by atoms with Gasteiger partial charge in [0, 0.05) is 37.2 Å². The highest BCUT2D eigenvalue weighted by atomic mass is 32.2. The molecule has 1 atom stereocenters. The van der Waals surface area contributed by atoms with Crippen molar-refractivity contribution < 1.29 is 31.5 Å². The predicted octanol–water partition coefficient (Wildman–Crippen LogP) is 4.77. The summed E-state index contributed by atoms with van der Waals surface area (Å²) in [5.41, 5.74) is 1.93. The number of anilines is 3. The molecular formula is C23H32F3N5O4S2. The zero-order valence-corrected chi connectivity index (χ0v) is 22.8. The van der Waals surface area contributed by atoms with E-state index in [1.165, 1.54) is 10.6 Å². The highest BCUT2D eigenvalue weighted by Crippen LogP contribution is 2.37. The number of nitrogens with one attached hydrogen (secondary N) is 1. The zero-order valence-electron chi connectivity index (χ0n) is 21.1. The Hall–Kier alpha value is -2.45. The van der Waals surface area contributed by atoms with Crippen LogP contribution in [0.2, 0.25) is 0 Å². The van der Waals surface area contributed by atoms with Crippen molar-refractivity contribution in [2.24, 2.45) is 5.92 Å². The first-order chi connectivity index (χ1) is 17.1.